The molecule has 7 heteroatoms. The second-order valence-corrected chi connectivity index (χ2v) is 16.9. The predicted octanol–water partition coefficient (Wildman–Crippen LogP) is 8.51. The molecule has 0 saturated heterocycles. The maximum absolute atomic E-state index is 12.7. The van der Waals surface area contributed by atoms with Crippen molar-refractivity contribution in [1.29, 1.82) is 0 Å². The van der Waals surface area contributed by atoms with Gasteiger partial charge in [0.05, 0.1) is 6.61 Å². The third-order valence-electron chi connectivity index (χ3n) is 12.5. The number of fused-ring (bicyclic) bond motifs is 7. The summed E-state index contributed by atoms with van der Waals surface area (Å²) >= 11 is 1.90. The molecule has 5 rings (SSSR count). The number of benzene rings is 1. The van der Waals surface area contributed by atoms with E-state index in [0.717, 1.165) is 61.6 Å². The molecule has 0 aromatic heterocycles. The van der Waals surface area contributed by atoms with E-state index in [4.69, 9.17) is 15.2 Å². The highest BCUT2D eigenvalue weighted by atomic mass is 32.2. The lowest BCUT2D eigenvalue weighted by atomic mass is 9.34. The van der Waals surface area contributed by atoms with Crippen molar-refractivity contribution >= 4 is 23.8 Å². The van der Waals surface area contributed by atoms with Crippen molar-refractivity contribution in [3.8, 4) is 11.5 Å². The Morgan fingerprint density at radius 2 is 1.74 bits per heavy atom. The number of hydrogen-bond donors (Lipinski definition) is 2. The molecule has 42 heavy (non-hydrogen) atoms. The van der Waals surface area contributed by atoms with Crippen LogP contribution < -0.4 is 10.5 Å². The zero-order valence-corrected chi connectivity index (χ0v) is 27.9. The van der Waals surface area contributed by atoms with Gasteiger partial charge in [0, 0.05) is 16.1 Å². The number of allylic oxidation sites excluding steroid dienone is 1. The molecule has 1 aromatic rings. The van der Waals surface area contributed by atoms with E-state index in [-0.39, 0.29) is 50.9 Å². The average Bonchev–Trinajstić information content (AvgIpc) is 2.90. The van der Waals surface area contributed by atoms with Gasteiger partial charge in [-0.15, -0.1) is 11.8 Å². The van der Waals surface area contributed by atoms with E-state index < -0.39 is 11.6 Å². The first-order chi connectivity index (χ1) is 19.5. The number of carbonyl (C=O) groups is 2. The van der Waals surface area contributed by atoms with Gasteiger partial charge in [-0.25, -0.2) is 4.79 Å². The van der Waals surface area contributed by atoms with E-state index in [1.54, 1.807) is 6.92 Å². The van der Waals surface area contributed by atoms with E-state index in [1.807, 2.05) is 24.8 Å². The van der Waals surface area contributed by atoms with Gasteiger partial charge in [0.15, 0.2) is 11.5 Å². The standard InChI is InChI=1S/C35H51NO5S/c1-10-40-30(39)41-23-17-22-27(21(4)28(23)37)24(42-20(2)3)18-25-33(22,7)14-16-35(9)26-19-32(6,29(36)38)12-11-31(26,5)13-15-34(25,35)8/h17-18,20,24,26,37H,10-16,19H2,1-9H3,(H2,36,38)/t24?,26-,31-,32-,33+,34-,35+/m1/s1. The van der Waals surface area contributed by atoms with Crippen LogP contribution in [-0.2, 0) is 14.9 Å². The maximum atomic E-state index is 12.7. The number of hydrogen-bond acceptors (Lipinski definition) is 6. The smallest absolute Gasteiger partial charge is 0.504 e. The molecule has 1 amide bonds. The Balaban J connectivity index is 1.67. The van der Waals surface area contributed by atoms with Gasteiger partial charge in [0.2, 0.25) is 5.91 Å². The molecule has 6 nitrogen and oxygen atoms in total. The fourth-order valence-electron chi connectivity index (χ4n) is 9.62. The summed E-state index contributed by atoms with van der Waals surface area (Å²) in [5, 5.41) is 11.7. The topological polar surface area (TPSA) is 98.8 Å². The van der Waals surface area contributed by atoms with E-state index in [0.29, 0.717) is 11.2 Å². The van der Waals surface area contributed by atoms with Crippen LogP contribution in [0.2, 0.25) is 0 Å². The lowest BCUT2D eigenvalue weighted by Gasteiger charge is -2.70. The molecule has 4 aliphatic rings. The Morgan fingerprint density at radius 3 is 2.36 bits per heavy atom. The zero-order chi connectivity index (χ0) is 31.0. The Morgan fingerprint density at radius 1 is 1.07 bits per heavy atom. The van der Waals surface area contributed by atoms with Gasteiger partial charge in [-0.2, -0.15) is 0 Å². The van der Waals surface area contributed by atoms with Gasteiger partial charge in [-0.3, -0.25) is 4.79 Å². The van der Waals surface area contributed by atoms with Gasteiger partial charge >= 0.3 is 6.16 Å². The number of rotatable bonds is 5. The van der Waals surface area contributed by atoms with Crippen LogP contribution in [0.15, 0.2) is 17.7 Å². The minimum atomic E-state index is -0.804. The molecule has 0 aliphatic heterocycles. The van der Waals surface area contributed by atoms with Crippen molar-refractivity contribution in [2.45, 2.75) is 123 Å². The van der Waals surface area contributed by atoms with E-state index in [1.165, 1.54) is 5.57 Å². The summed E-state index contributed by atoms with van der Waals surface area (Å²) in [5.41, 5.74) is 9.92. The second-order valence-electron chi connectivity index (χ2n) is 15.2. The van der Waals surface area contributed by atoms with Crippen molar-refractivity contribution < 1.29 is 24.2 Å². The van der Waals surface area contributed by atoms with Gasteiger partial charge < -0.3 is 20.3 Å². The number of thioether (sulfide) groups is 1. The highest BCUT2D eigenvalue weighted by Gasteiger charge is 2.67. The normalized spacial score (nSPS) is 38.9. The van der Waals surface area contributed by atoms with Gasteiger partial charge in [-0.1, -0.05) is 60.1 Å². The first kappa shape index (κ1) is 31.3. The molecule has 1 aromatic carbocycles. The maximum Gasteiger partial charge on any atom is 0.513 e. The first-order valence-corrected chi connectivity index (χ1v) is 16.8. The highest BCUT2D eigenvalue weighted by Crippen LogP contribution is 2.75. The van der Waals surface area contributed by atoms with Crippen LogP contribution in [0.1, 0.15) is 122 Å². The number of amides is 1. The molecule has 0 bridgehead atoms. The third kappa shape index (κ3) is 4.42. The Kier molecular flexibility index (Phi) is 7.60. The van der Waals surface area contributed by atoms with Crippen molar-refractivity contribution in [2.75, 3.05) is 6.61 Å². The van der Waals surface area contributed by atoms with Crippen molar-refractivity contribution in [1.82, 2.24) is 0 Å². The summed E-state index contributed by atoms with van der Waals surface area (Å²) in [6, 6.07) is 1.92. The Labute approximate surface area is 256 Å². The fraction of sp³-hybridized carbons (Fsp3) is 0.714. The highest BCUT2D eigenvalue weighted by molar-refractivity contribution is 8.00. The Bertz CT molecular complexity index is 1340. The quantitative estimate of drug-likeness (QED) is 0.201. The van der Waals surface area contributed by atoms with Crippen molar-refractivity contribution in [3.05, 3.63) is 34.4 Å². The molecule has 1 unspecified atom stereocenters. The van der Waals surface area contributed by atoms with Crippen LogP contribution in [0.4, 0.5) is 4.79 Å². The lowest BCUT2D eigenvalue weighted by molar-refractivity contribution is -0.166. The zero-order valence-electron chi connectivity index (χ0n) is 27.1. The number of nitrogens with two attached hydrogens (primary N) is 1. The van der Waals surface area contributed by atoms with E-state index >= 15 is 0 Å². The molecule has 3 N–H and O–H groups in total. The van der Waals surface area contributed by atoms with Crippen LogP contribution in [0.3, 0.4) is 0 Å². The number of aromatic hydroxyl groups is 1. The van der Waals surface area contributed by atoms with Gasteiger partial charge in [0.25, 0.3) is 0 Å². The summed E-state index contributed by atoms with van der Waals surface area (Å²) in [6.45, 7) is 20.2. The van der Waals surface area contributed by atoms with Crippen molar-refractivity contribution in [3.63, 3.8) is 0 Å². The molecule has 0 radical (unpaired) electrons. The molecular weight excluding hydrogens is 546 g/mol. The van der Waals surface area contributed by atoms with E-state index in [2.05, 4.69) is 54.5 Å². The first-order valence-electron chi connectivity index (χ1n) is 15.9. The van der Waals surface area contributed by atoms with Gasteiger partial charge in [0.1, 0.15) is 0 Å². The summed E-state index contributed by atoms with van der Waals surface area (Å²) < 4.78 is 10.6. The molecule has 4 aliphatic carbocycles. The number of primary amides is 1. The molecular formula is C35H51NO5S. The van der Waals surface area contributed by atoms with Crippen LogP contribution in [0, 0.1) is 34.5 Å². The predicted molar refractivity (Wildman–Crippen MR) is 169 cm³/mol. The molecule has 3 saturated carbocycles. The minimum Gasteiger partial charge on any atom is -0.504 e. The summed E-state index contributed by atoms with van der Waals surface area (Å²) in [7, 11) is 0. The van der Waals surface area contributed by atoms with Crippen LogP contribution in [0.25, 0.3) is 0 Å². The Hall–Kier alpha value is -2.15. The summed E-state index contributed by atoms with van der Waals surface area (Å²) in [6.07, 6.45) is 8.69. The largest absolute Gasteiger partial charge is 0.513 e. The molecule has 232 valence electrons. The minimum absolute atomic E-state index is 0.00322. The summed E-state index contributed by atoms with van der Waals surface area (Å²) in [4.78, 5) is 25.1. The van der Waals surface area contributed by atoms with E-state index in [9.17, 15) is 14.7 Å². The molecule has 0 spiro atoms. The molecule has 7 atom stereocenters. The average molecular weight is 598 g/mol. The second kappa shape index (κ2) is 10.2. The number of ether oxygens (including phenoxy) is 2. The SMILES string of the molecule is CCOC(=O)Oc1cc2c(c(C)c1O)C(SC(C)C)C=C1[C@@]2(C)CC[C@@]2(C)[C@@H]3C[C@](C)(C(N)=O)CC[C@]3(C)CC[C@]12C. The third-order valence-corrected chi connectivity index (χ3v) is 13.7. The number of phenolic OH excluding ortho intramolecular Hbond substituents is 1. The molecule has 0 heterocycles. The summed E-state index contributed by atoms with van der Waals surface area (Å²) in [5.74, 6) is 0.400. The van der Waals surface area contributed by atoms with Crippen LogP contribution in [0.5, 0.6) is 11.5 Å². The number of phenols is 1. The fourth-order valence-corrected chi connectivity index (χ4v) is 10.9. The van der Waals surface area contributed by atoms with Crippen LogP contribution in [-0.4, -0.2) is 29.0 Å². The van der Waals surface area contributed by atoms with Crippen molar-refractivity contribution in [2.24, 2.45) is 33.3 Å². The lowest BCUT2D eigenvalue weighted by Crippen LogP contribution is -2.63. The monoisotopic (exact) mass is 597 g/mol. The van der Waals surface area contributed by atoms with Gasteiger partial charge in [-0.05, 0) is 109 Å². The number of carbonyl (C=O) groups excluding carboxylic acids is 2. The van der Waals surface area contributed by atoms with Crippen LogP contribution >= 0.6 is 11.8 Å². The molecule has 3 fully saturated rings.